The Morgan fingerprint density at radius 3 is 2.41 bits per heavy atom. The largest absolute Gasteiger partial charge is 0.313 e. The summed E-state index contributed by atoms with van der Waals surface area (Å²) in [5.74, 6) is 0.712. The number of nitrogens with one attached hydrogen (secondary N) is 1. The van der Waals surface area contributed by atoms with E-state index in [1.54, 1.807) is 5.56 Å². The van der Waals surface area contributed by atoms with Crippen LogP contribution in [-0.4, -0.2) is 7.05 Å². The van der Waals surface area contributed by atoms with Crippen molar-refractivity contribution in [1.29, 1.82) is 0 Å². The molecule has 0 saturated carbocycles. The zero-order chi connectivity index (χ0) is 12.6. The van der Waals surface area contributed by atoms with Gasteiger partial charge in [0, 0.05) is 6.04 Å². The summed E-state index contributed by atoms with van der Waals surface area (Å²) in [6.45, 7) is 9.21. The molecule has 17 heavy (non-hydrogen) atoms. The Morgan fingerprint density at radius 2 is 1.82 bits per heavy atom. The molecule has 0 aromatic heterocycles. The highest BCUT2D eigenvalue weighted by molar-refractivity contribution is 5.40. The van der Waals surface area contributed by atoms with Gasteiger partial charge in [-0.1, -0.05) is 45.9 Å². The van der Waals surface area contributed by atoms with E-state index in [2.05, 4.69) is 58.3 Å². The second kappa shape index (κ2) is 4.45. The van der Waals surface area contributed by atoms with Crippen molar-refractivity contribution in [2.45, 2.75) is 57.9 Å². The van der Waals surface area contributed by atoms with Gasteiger partial charge >= 0.3 is 0 Å². The van der Waals surface area contributed by atoms with E-state index in [-0.39, 0.29) is 5.41 Å². The SMILES string of the molecule is CNC1CCC(C)c2ccc(C(C)(C)C)cc21. The molecule has 0 fully saturated rings. The van der Waals surface area contributed by atoms with Gasteiger partial charge in [-0.25, -0.2) is 0 Å². The zero-order valence-electron chi connectivity index (χ0n) is 11.8. The summed E-state index contributed by atoms with van der Waals surface area (Å²) in [6.07, 6.45) is 2.56. The molecule has 1 aliphatic rings. The summed E-state index contributed by atoms with van der Waals surface area (Å²) in [6, 6.07) is 7.63. The molecule has 2 atom stereocenters. The molecule has 0 radical (unpaired) electrons. The van der Waals surface area contributed by atoms with Gasteiger partial charge in [-0.2, -0.15) is 0 Å². The highest BCUT2D eigenvalue weighted by Gasteiger charge is 2.25. The fourth-order valence-corrected chi connectivity index (χ4v) is 2.82. The lowest BCUT2D eigenvalue weighted by atomic mass is 9.77. The van der Waals surface area contributed by atoms with Crippen molar-refractivity contribution < 1.29 is 0 Å². The summed E-state index contributed by atoms with van der Waals surface area (Å²) in [7, 11) is 2.08. The van der Waals surface area contributed by atoms with Crippen molar-refractivity contribution in [3.8, 4) is 0 Å². The van der Waals surface area contributed by atoms with Gasteiger partial charge in [-0.15, -0.1) is 0 Å². The molecule has 2 rings (SSSR count). The van der Waals surface area contributed by atoms with Crippen LogP contribution in [0, 0.1) is 0 Å². The summed E-state index contributed by atoms with van der Waals surface area (Å²) in [5, 5.41) is 3.46. The maximum atomic E-state index is 3.46. The highest BCUT2D eigenvalue weighted by atomic mass is 14.9. The lowest BCUT2D eigenvalue weighted by Crippen LogP contribution is -2.24. The third kappa shape index (κ3) is 2.40. The van der Waals surface area contributed by atoms with E-state index in [1.165, 1.54) is 24.0 Å². The molecule has 1 N–H and O–H groups in total. The van der Waals surface area contributed by atoms with Crippen LogP contribution in [0.2, 0.25) is 0 Å². The highest BCUT2D eigenvalue weighted by Crippen LogP contribution is 2.39. The quantitative estimate of drug-likeness (QED) is 0.766. The standard InChI is InChI=1S/C16H25N/c1-11-6-9-15(17-5)14-10-12(16(2,3)4)7-8-13(11)14/h7-8,10-11,15,17H,6,9H2,1-5H3. The first kappa shape index (κ1) is 12.6. The fraction of sp³-hybridized carbons (Fsp3) is 0.625. The smallest absolute Gasteiger partial charge is 0.0320 e. The van der Waals surface area contributed by atoms with Crippen LogP contribution < -0.4 is 5.32 Å². The third-order valence-corrected chi connectivity index (χ3v) is 4.10. The molecule has 1 nitrogen and oxygen atoms in total. The van der Waals surface area contributed by atoms with Crippen molar-refractivity contribution in [3.63, 3.8) is 0 Å². The third-order valence-electron chi connectivity index (χ3n) is 4.10. The maximum absolute atomic E-state index is 3.46. The van der Waals surface area contributed by atoms with E-state index in [0.29, 0.717) is 12.0 Å². The first-order valence-electron chi connectivity index (χ1n) is 6.75. The van der Waals surface area contributed by atoms with E-state index in [0.717, 1.165) is 0 Å². The van der Waals surface area contributed by atoms with Crippen molar-refractivity contribution >= 4 is 0 Å². The lowest BCUT2D eigenvalue weighted by molar-refractivity contribution is 0.457. The van der Waals surface area contributed by atoms with Crippen LogP contribution in [0.15, 0.2) is 18.2 Å². The maximum Gasteiger partial charge on any atom is 0.0320 e. The summed E-state index contributed by atoms with van der Waals surface area (Å²) >= 11 is 0. The topological polar surface area (TPSA) is 12.0 Å². The summed E-state index contributed by atoms with van der Waals surface area (Å²) in [5.41, 5.74) is 4.77. The van der Waals surface area contributed by atoms with Gasteiger partial charge in [0.2, 0.25) is 0 Å². The molecule has 0 aliphatic heterocycles. The number of benzene rings is 1. The normalized spacial score (nSPS) is 24.5. The fourth-order valence-electron chi connectivity index (χ4n) is 2.82. The van der Waals surface area contributed by atoms with E-state index in [9.17, 15) is 0 Å². The molecule has 0 amide bonds. The minimum atomic E-state index is 0.244. The van der Waals surface area contributed by atoms with Crippen molar-refractivity contribution in [2.24, 2.45) is 0 Å². The van der Waals surface area contributed by atoms with Crippen molar-refractivity contribution in [1.82, 2.24) is 5.32 Å². The van der Waals surface area contributed by atoms with Crippen molar-refractivity contribution in [2.75, 3.05) is 7.05 Å². The van der Waals surface area contributed by atoms with Gasteiger partial charge in [0.05, 0.1) is 0 Å². The molecule has 94 valence electrons. The average molecular weight is 231 g/mol. The van der Waals surface area contributed by atoms with Gasteiger partial charge in [0.1, 0.15) is 0 Å². The van der Waals surface area contributed by atoms with Crippen LogP contribution >= 0.6 is 0 Å². The molecule has 1 aliphatic carbocycles. The summed E-state index contributed by atoms with van der Waals surface area (Å²) in [4.78, 5) is 0. The Bertz CT molecular complexity index is 400. The number of rotatable bonds is 1. The summed E-state index contributed by atoms with van der Waals surface area (Å²) < 4.78 is 0. The first-order valence-corrected chi connectivity index (χ1v) is 6.75. The van der Waals surface area contributed by atoms with Crippen LogP contribution in [0.5, 0.6) is 0 Å². The van der Waals surface area contributed by atoms with E-state index in [1.807, 2.05) is 0 Å². The number of hydrogen-bond acceptors (Lipinski definition) is 1. The van der Waals surface area contributed by atoms with Crippen molar-refractivity contribution in [3.05, 3.63) is 34.9 Å². The van der Waals surface area contributed by atoms with E-state index in [4.69, 9.17) is 0 Å². The Labute approximate surface area is 106 Å². The van der Waals surface area contributed by atoms with E-state index >= 15 is 0 Å². The molecule has 1 heteroatoms. The number of hydrogen-bond donors (Lipinski definition) is 1. The first-order chi connectivity index (χ1) is 7.93. The lowest BCUT2D eigenvalue weighted by Gasteiger charge is -2.31. The molecule has 0 spiro atoms. The Kier molecular flexibility index (Phi) is 3.31. The molecule has 0 bridgehead atoms. The van der Waals surface area contributed by atoms with Crippen LogP contribution in [0.3, 0.4) is 0 Å². The Hall–Kier alpha value is -0.820. The number of fused-ring (bicyclic) bond motifs is 1. The molecule has 0 heterocycles. The molecule has 2 unspecified atom stereocenters. The van der Waals surface area contributed by atoms with Gasteiger partial charge in [0.15, 0.2) is 0 Å². The Morgan fingerprint density at radius 1 is 1.12 bits per heavy atom. The average Bonchev–Trinajstić information content (AvgIpc) is 2.28. The van der Waals surface area contributed by atoms with E-state index < -0.39 is 0 Å². The van der Waals surface area contributed by atoms with Gasteiger partial charge in [-0.3, -0.25) is 0 Å². The van der Waals surface area contributed by atoms with Gasteiger partial charge in [-0.05, 0) is 47.9 Å². The predicted octanol–water partition coefficient (Wildman–Crippen LogP) is 4.14. The minimum Gasteiger partial charge on any atom is -0.313 e. The van der Waals surface area contributed by atoms with Crippen LogP contribution in [-0.2, 0) is 5.41 Å². The Balaban J connectivity index is 2.48. The molecular formula is C16H25N. The molecule has 1 aromatic rings. The molecular weight excluding hydrogens is 206 g/mol. The molecule has 1 aromatic carbocycles. The minimum absolute atomic E-state index is 0.244. The predicted molar refractivity (Wildman–Crippen MR) is 74.6 cm³/mol. The van der Waals surface area contributed by atoms with Crippen LogP contribution in [0.4, 0.5) is 0 Å². The van der Waals surface area contributed by atoms with Gasteiger partial charge in [0.25, 0.3) is 0 Å². The van der Waals surface area contributed by atoms with Crippen LogP contribution in [0.25, 0.3) is 0 Å². The zero-order valence-corrected chi connectivity index (χ0v) is 11.8. The molecule has 0 saturated heterocycles. The van der Waals surface area contributed by atoms with Crippen LogP contribution in [0.1, 0.15) is 69.2 Å². The second-order valence-electron chi connectivity index (χ2n) is 6.41. The van der Waals surface area contributed by atoms with Gasteiger partial charge < -0.3 is 5.32 Å². The second-order valence-corrected chi connectivity index (χ2v) is 6.41. The monoisotopic (exact) mass is 231 g/mol.